The normalized spacial score (nSPS) is 12.1. The highest BCUT2D eigenvalue weighted by Gasteiger charge is 2.24. The summed E-state index contributed by atoms with van der Waals surface area (Å²) < 4.78 is 33.3. The predicted octanol–water partition coefficient (Wildman–Crippen LogP) is 6.16. The highest BCUT2D eigenvalue weighted by Crippen LogP contribution is 2.35. The van der Waals surface area contributed by atoms with Crippen molar-refractivity contribution in [2.24, 2.45) is 0 Å². The van der Waals surface area contributed by atoms with Crippen molar-refractivity contribution < 1.29 is 17.4 Å². The van der Waals surface area contributed by atoms with Gasteiger partial charge in [-0.15, -0.1) is 0 Å². The smallest absolute Gasteiger partial charge is 0.366 e. The van der Waals surface area contributed by atoms with Gasteiger partial charge < -0.3 is 4.18 Å². The Bertz CT molecular complexity index is 1000. The van der Waals surface area contributed by atoms with Gasteiger partial charge in [-0.25, -0.2) is 4.72 Å². The Balaban J connectivity index is 2.33. The second-order valence-electron chi connectivity index (χ2n) is 9.54. The minimum atomic E-state index is -4.33. The van der Waals surface area contributed by atoms with Crippen LogP contribution in [-0.2, 0) is 21.5 Å². The largest absolute Gasteiger partial charge is 0.409 e. The van der Waals surface area contributed by atoms with Gasteiger partial charge >= 0.3 is 10.3 Å². The van der Waals surface area contributed by atoms with Crippen molar-refractivity contribution in [3.63, 3.8) is 0 Å². The lowest BCUT2D eigenvalue weighted by molar-refractivity contribution is -0.118. The predicted molar refractivity (Wildman–Crippen MR) is 131 cm³/mol. The van der Waals surface area contributed by atoms with Crippen molar-refractivity contribution in [1.29, 1.82) is 0 Å². The van der Waals surface area contributed by atoms with E-state index in [1.165, 1.54) is 0 Å². The number of benzene rings is 2. The summed E-state index contributed by atoms with van der Waals surface area (Å²) in [5, 5.41) is 0. The molecule has 0 aliphatic heterocycles. The summed E-state index contributed by atoms with van der Waals surface area (Å²) in [4.78, 5) is 12.8. The molecule has 0 aromatic heterocycles. The summed E-state index contributed by atoms with van der Waals surface area (Å²) in [5.41, 5.74) is 4.58. The molecule has 176 valence electrons. The van der Waals surface area contributed by atoms with Gasteiger partial charge in [0, 0.05) is 0 Å². The lowest BCUT2D eigenvalue weighted by Gasteiger charge is -2.21. The maximum absolute atomic E-state index is 12.8. The molecule has 0 atom stereocenters. The second kappa shape index (κ2) is 10.5. The first-order valence-corrected chi connectivity index (χ1v) is 12.7. The fraction of sp³-hybridized carbons (Fsp3) is 0.500. The van der Waals surface area contributed by atoms with E-state index in [0.717, 1.165) is 27.8 Å². The van der Waals surface area contributed by atoms with E-state index in [-0.39, 0.29) is 30.1 Å². The van der Waals surface area contributed by atoms with Gasteiger partial charge in [0.05, 0.1) is 6.42 Å². The molecule has 1 amide bonds. The molecule has 0 aliphatic rings. The van der Waals surface area contributed by atoms with Gasteiger partial charge in [-0.05, 0) is 51.5 Å². The zero-order chi connectivity index (χ0) is 24.2. The highest BCUT2D eigenvalue weighted by molar-refractivity contribution is 7.85. The molecule has 2 aromatic rings. The summed E-state index contributed by atoms with van der Waals surface area (Å²) in [7, 11) is -4.33. The third-order valence-corrected chi connectivity index (χ3v) is 6.45. The molecule has 1 N–H and O–H groups in total. The van der Waals surface area contributed by atoms with Gasteiger partial charge in [-0.3, -0.25) is 4.79 Å². The van der Waals surface area contributed by atoms with Gasteiger partial charge in [-0.2, -0.15) is 8.42 Å². The van der Waals surface area contributed by atoms with Crippen molar-refractivity contribution in [2.75, 3.05) is 0 Å². The summed E-state index contributed by atoms with van der Waals surface area (Å²) in [6.45, 7) is 16.2. The first-order chi connectivity index (χ1) is 14.8. The third kappa shape index (κ3) is 6.35. The molecule has 0 spiro atoms. The number of hydrogen-bond donors (Lipinski definition) is 1. The Morgan fingerprint density at radius 1 is 0.750 bits per heavy atom. The maximum Gasteiger partial charge on any atom is 0.409 e. The topological polar surface area (TPSA) is 72.5 Å². The molecule has 2 aromatic carbocycles. The van der Waals surface area contributed by atoms with Gasteiger partial charge in [0.25, 0.3) is 0 Å². The molecule has 0 unspecified atom stereocenters. The van der Waals surface area contributed by atoms with E-state index in [0.29, 0.717) is 5.75 Å². The lowest BCUT2D eigenvalue weighted by atomic mass is 9.87. The Morgan fingerprint density at radius 2 is 1.12 bits per heavy atom. The molecule has 0 aliphatic carbocycles. The lowest BCUT2D eigenvalue weighted by Crippen LogP contribution is -2.36. The minimum Gasteiger partial charge on any atom is -0.366 e. The standard InChI is InChI=1S/C26H37NO4S/c1-16(2)20-11-9-12-21(17(3)4)24(20)15-25(28)27-32(29,30)31-26-22(18(5)6)13-10-14-23(26)19(7)8/h9-14,16-19H,15H2,1-8H3,(H,27,28). The minimum absolute atomic E-state index is 0.0205. The Hall–Kier alpha value is -2.34. The number of rotatable bonds is 9. The first kappa shape index (κ1) is 25.9. The summed E-state index contributed by atoms with van der Waals surface area (Å²) in [6, 6.07) is 11.6. The van der Waals surface area contributed by atoms with Crippen molar-refractivity contribution in [3.8, 4) is 5.75 Å². The van der Waals surface area contributed by atoms with Crippen LogP contribution in [0.2, 0.25) is 0 Å². The number of carbonyl (C=O) groups excluding carboxylic acids is 1. The van der Waals surface area contributed by atoms with E-state index < -0.39 is 16.2 Å². The van der Waals surface area contributed by atoms with Crippen molar-refractivity contribution in [2.45, 2.75) is 85.5 Å². The van der Waals surface area contributed by atoms with Gasteiger partial charge in [0.15, 0.2) is 5.75 Å². The van der Waals surface area contributed by atoms with Crippen LogP contribution in [0, 0.1) is 0 Å². The fourth-order valence-electron chi connectivity index (χ4n) is 3.95. The Morgan fingerprint density at radius 3 is 1.50 bits per heavy atom. The molecule has 6 heteroatoms. The van der Waals surface area contributed by atoms with E-state index in [1.807, 2.05) is 64.1 Å². The zero-order valence-electron chi connectivity index (χ0n) is 20.5. The summed E-state index contributed by atoms with van der Waals surface area (Å²) in [6.07, 6.45) is -0.0205. The number of nitrogens with one attached hydrogen (secondary N) is 1. The SMILES string of the molecule is CC(C)c1cccc(C(C)C)c1CC(=O)NS(=O)(=O)Oc1c(C(C)C)cccc1C(C)C. The quantitative estimate of drug-likeness (QED) is 0.487. The van der Waals surface area contributed by atoms with Gasteiger partial charge in [0.2, 0.25) is 5.91 Å². The molecule has 32 heavy (non-hydrogen) atoms. The van der Waals surface area contributed by atoms with Crippen LogP contribution < -0.4 is 8.91 Å². The van der Waals surface area contributed by atoms with Crippen molar-refractivity contribution in [3.05, 3.63) is 64.2 Å². The summed E-state index contributed by atoms with van der Waals surface area (Å²) >= 11 is 0. The molecule has 0 fully saturated rings. The maximum atomic E-state index is 12.8. The van der Waals surface area contributed by atoms with Crippen LogP contribution in [-0.4, -0.2) is 14.3 Å². The van der Waals surface area contributed by atoms with E-state index >= 15 is 0 Å². The molecule has 0 heterocycles. The van der Waals surface area contributed by atoms with Crippen molar-refractivity contribution in [1.82, 2.24) is 4.72 Å². The molecule has 0 radical (unpaired) electrons. The van der Waals surface area contributed by atoms with Crippen LogP contribution in [0.15, 0.2) is 36.4 Å². The molecular weight excluding hydrogens is 422 g/mol. The number of amides is 1. The number of hydrogen-bond acceptors (Lipinski definition) is 4. The number of carbonyl (C=O) groups is 1. The van der Waals surface area contributed by atoms with Gasteiger partial charge in [0.1, 0.15) is 0 Å². The van der Waals surface area contributed by atoms with Crippen LogP contribution in [0.1, 0.15) is 107 Å². The zero-order valence-corrected chi connectivity index (χ0v) is 21.3. The average molecular weight is 460 g/mol. The van der Waals surface area contributed by atoms with E-state index in [1.54, 1.807) is 0 Å². The molecule has 2 rings (SSSR count). The van der Waals surface area contributed by atoms with Crippen LogP contribution in [0.4, 0.5) is 0 Å². The van der Waals surface area contributed by atoms with E-state index in [4.69, 9.17) is 4.18 Å². The van der Waals surface area contributed by atoms with Crippen LogP contribution in [0.25, 0.3) is 0 Å². The Labute approximate surface area is 193 Å². The highest BCUT2D eigenvalue weighted by atomic mass is 32.2. The first-order valence-electron chi connectivity index (χ1n) is 11.3. The second-order valence-corrected chi connectivity index (χ2v) is 10.8. The van der Waals surface area contributed by atoms with Crippen LogP contribution in [0.5, 0.6) is 5.75 Å². The van der Waals surface area contributed by atoms with Gasteiger partial charge in [-0.1, -0.05) is 91.8 Å². The van der Waals surface area contributed by atoms with Crippen molar-refractivity contribution >= 4 is 16.2 Å². The van der Waals surface area contributed by atoms with E-state index in [9.17, 15) is 13.2 Å². The third-order valence-electron chi connectivity index (χ3n) is 5.58. The monoisotopic (exact) mass is 459 g/mol. The average Bonchev–Trinajstić information content (AvgIpc) is 2.66. The number of para-hydroxylation sites is 1. The molecule has 5 nitrogen and oxygen atoms in total. The molecular formula is C26H37NO4S. The van der Waals surface area contributed by atoms with Crippen LogP contribution in [0.3, 0.4) is 0 Å². The van der Waals surface area contributed by atoms with E-state index in [2.05, 4.69) is 32.4 Å². The Kier molecular flexibility index (Phi) is 8.52. The molecule has 0 saturated heterocycles. The fourth-order valence-corrected chi connectivity index (χ4v) is 4.76. The molecule has 0 saturated carbocycles. The van der Waals surface area contributed by atoms with Crippen LogP contribution >= 0.6 is 0 Å². The summed E-state index contributed by atoms with van der Waals surface area (Å²) in [5.74, 6) is 0.283. The molecule has 0 bridgehead atoms.